The fourth-order valence-electron chi connectivity index (χ4n) is 2.66. The van der Waals surface area contributed by atoms with Crippen molar-refractivity contribution in [2.45, 2.75) is 20.8 Å². The standard InChI is InChI=1S/C16H17O3P.Li.H3O2P/c1-10-9-11(2)15(16(17)20(18)19)12(3)14(10)13-7-5-4-6-8-13;;1-3-2/h4-9,18-19H,1-3H3;;3H2,(H,1,2)/q;+1;/p-1. The van der Waals surface area contributed by atoms with Crippen LogP contribution in [0.2, 0.25) is 0 Å². The van der Waals surface area contributed by atoms with E-state index < -0.39 is 22.6 Å². The molecule has 124 valence electrons. The molecule has 0 fully saturated rings. The molecule has 0 saturated heterocycles. The van der Waals surface area contributed by atoms with Crippen LogP contribution in [0.3, 0.4) is 0 Å². The van der Waals surface area contributed by atoms with Crippen LogP contribution in [0.5, 0.6) is 0 Å². The maximum atomic E-state index is 12.0. The zero-order chi connectivity index (χ0) is 17.6. The van der Waals surface area contributed by atoms with Gasteiger partial charge in [0, 0.05) is 5.56 Å². The van der Waals surface area contributed by atoms with Gasteiger partial charge in [0.2, 0.25) is 13.9 Å². The molecule has 1 atom stereocenters. The molecule has 8 heteroatoms. The Morgan fingerprint density at radius 3 is 2.04 bits per heavy atom. The Kier molecular flexibility index (Phi) is 10.6. The summed E-state index contributed by atoms with van der Waals surface area (Å²) in [7, 11) is -4.35. The average Bonchev–Trinajstić information content (AvgIpc) is 2.48. The first-order chi connectivity index (χ1) is 10.8. The van der Waals surface area contributed by atoms with E-state index in [-0.39, 0.29) is 18.9 Å². The van der Waals surface area contributed by atoms with Crippen molar-refractivity contribution in [3.8, 4) is 11.1 Å². The molecule has 2 rings (SSSR count). The molecule has 1 unspecified atom stereocenters. The van der Waals surface area contributed by atoms with Gasteiger partial charge in [-0.25, -0.2) is 0 Å². The summed E-state index contributed by atoms with van der Waals surface area (Å²) in [4.78, 5) is 38.9. The van der Waals surface area contributed by atoms with Gasteiger partial charge in [-0.2, -0.15) is 0 Å². The van der Waals surface area contributed by atoms with Crippen molar-refractivity contribution in [3.63, 3.8) is 0 Å². The van der Waals surface area contributed by atoms with Crippen molar-refractivity contribution in [2.24, 2.45) is 0 Å². The summed E-state index contributed by atoms with van der Waals surface area (Å²) in [5.74, 6) is 0. The molecule has 5 nitrogen and oxygen atoms in total. The van der Waals surface area contributed by atoms with Crippen LogP contribution < -0.4 is 23.8 Å². The smallest absolute Gasteiger partial charge is 0.804 e. The Labute approximate surface area is 156 Å². The minimum atomic E-state index is -2.60. The minimum Gasteiger partial charge on any atom is -0.804 e. The van der Waals surface area contributed by atoms with Crippen LogP contribution in [-0.2, 0) is 4.57 Å². The number of hydrogen-bond acceptors (Lipinski definition) is 5. The van der Waals surface area contributed by atoms with Gasteiger partial charge in [-0.15, -0.1) is 0 Å². The summed E-state index contributed by atoms with van der Waals surface area (Å²) < 4.78 is 8.46. The van der Waals surface area contributed by atoms with E-state index in [0.717, 1.165) is 27.8 Å². The summed E-state index contributed by atoms with van der Waals surface area (Å²) in [5.41, 5.74) is 4.49. The van der Waals surface area contributed by atoms with Crippen molar-refractivity contribution in [1.29, 1.82) is 0 Å². The predicted molar refractivity (Wildman–Crippen MR) is 92.2 cm³/mol. The number of aryl methyl sites for hydroxylation is 2. The molecule has 0 saturated carbocycles. The largest absolute Gasteiger partial charge is 1.00 e. The van der Waals surface area contributed by atoms with E-state index in [1.807, 2.05) is 57.2 Å². The van der Waals surface area contributed by atoms with Crippen LogP contribution in [0.25, 0.3) is 11.1 Å². The van der Waals surface area contributed by atoms with Crippen molar-refractivity contribution in [3.05, 3.63) is 58.7 Å². The molecule has 0 radical (unpaired) electrons. The van der Waals surface area contributed by atoms with E-state index in [9.17, 15) is 14.6 Å². The van der Waals surface area contributed by atoms with Crippen LogP contribution in [0.15, 0.2) is 36.4 Å². The average molecular weight is 360 g/mol. The Morgan fingerprint density at radius 2 is 1.58 bits per heavy atom. The molecule has 0 aliphatic rings. The van der Waals surface area contributed by atoms with E-state index in [0.29, 0.717) is 5.56 Å². The Bertz CT molecular complexity index is 705. The van der Waals surface area contributed by atoms with Crippen LogP contribution in [-0.4, -0.2) is 15.3 Å². The van der Waals surface area contributed by atoms with Gasteiger partial charge in [-0.1, -0.05) is 36.4 Å². The first-order valence-corrected chi connectivity index (χ1v) is 8.98. The number of carbonyl (C=O) groups excluding carboxylic acids is 1. The van der Waals surface area contributed by atoms with E-state index in [2.05, 4.69) is 0 Å². The van der Waals surface area contributed by atoms with Crippen LogP contribution in [0.4, 0.5) is 0 Å². The summed E-state index contributed by atoms with van der Waals surface area (Å²) >= 11 is 0. The fourth-order valence-corrected chi connectivity index (χ4v) is 3.21. The molecule has 0 aromatic heterocycles. The number of hydrogen-bond donors (Lipinski definition) is 2. The maximum absolute atomic E-state index is 12.0. The monoisotopic (exact) mass is 360 g/mol. The first-order valence-electron chi connectivity index (χ1n) is 6.79. The normalized spacial score (nSPS) is 10.3. The van der Waals surface area contributed by atoms with Crippen molar-refractivity contribution < 1.29 is 42.9 Å². The predicted octanol–water partition coefficient (Wildman–Crippen LogP) is -0.262. The van der Waals surface area contributed by atoms with Crippen LogP contribution in [0, 0.1) is 20.8 Å². The molecule has 2 aromatic carbocycles. The van der Waals surface area contributed by atoms with E-state index in [1.54, 1.807) is 0 Å². The summed E-state index contributed by atoms with van der Waals surface area (Å²) in [6.07, 6.45) is 0. The third-order valence-electron chi connectivity index (χ3n) is 3.43. The second-order valence-electron chi connectivity index (χ2n) is 4.94. The van der Waals surface area contributed by atoms with E-state index >= 15 is 0 Å². The fraction of sp³-hybridized carbons (Fsp3) is 0.188. The third-order valence-corrected chi connectivity index (χ3v) is 4.02. The molecule has 0 amide bonds. The van der Waals surface area contributed by atoms with Gasteiger partial charge in [0.15, 0.2) is 0 Å². The number of carbonyl (C=O) groups is 1. The molecular weight excluding hydrogens is 341 g/mol. The van der Waals surface area contributed by atoms with Crippen molar-refractivity contribution in [2.75, 3.05) is 0 Å². The number of rotatable bonds is 3. The van der Waals surface area contributed by atoms with Crippen molar-refractivity contribution >= 4 is 22.6 Å². The zero-order valence-electron chi connectivity index (χ0n) is 14.1. The quantitative estimate of drug-likeness (QED) is 0.581. The molecule has 2 aromatic rings. The van der Waals surface area contributed by atoms with Crippen LogP contribution in [0.1, 0.15) is 27.0 Å². The van der Waals surface area contributed by atoms with E-state index in [4.69, 9.17) is 9.46 Å². The van der Waals surface area contributed by atoms with Gasteiger partial charge in [-0.3, -0.25) is 4.79 Å². The van der Waals surface area contributed by atoms with Crippen LogP contribution >= 0.6 is 17.1 Å². The Balaban J connectivity index is 0.00000123. The second kappa shape index (κ2) is 11.0. The van der Waals surface area contributed by atoms with Gasteiger partial charge in [0.1, 0.15) is 0 Å². The van der Waals surface area contributed by atoms with Gasteiger partial charge in [0.25, 0.3) is 0 Å². The van der Waals surface area contributed by atoms with Gasteiger partial charge in [-0.05, 0) is 57.3 Å². The molecule has 0 aliphatic carbocycles. The summed E-state index contributed by atoms with van der Waals surface area (Å²) in [6.45, 7) is 5.67. The Hall–Kier alpha value is -0.753. The van der Waals surface area contributed by atoms with Crippen molar-refractivity contribution in [1.82, 2.24) is 0 Å². The molecule has 2 N–H and O–H groups in total. The van der Waals surface area contributed by atoms with Gasteiger partial charge in [0.05, 0.1) is 0 Å². The minimum absolute atomic E-state index is 0. The van der Waals surface area contributed by atoms with E-state index in [1.165, 1.54) is 0 Å². The molecule has 0 heterocycles. The molecule has 0 spiro atoms. The number of benzene rings is 2. The van der Waals surface area contributed by atoms with Gasteiger partial charge >= 0.3 is 18.9 Å². The SMILES string of the molecule is Cc1cc(C)c(-c2ccccc2)c(C)c1C(=O)P(O)O.O=[PH2][O-].[Li+]. The summed E-state index contributed by atoms with van der Waals surface area (Å²) in [6, 6.07) is 11.7. The maximum Gasteiger partial charge on any atom is 1.00 e. The third kappa shape index (κ3) is 5.65. The second-order valence-corrected chi connectivity index (χ2v) is 6.12. The first kappa shape index (κ1) is 23.2. The topological polar surface area (TPSA) is 97.7 Å². The summed E-state index contributed by atoms with van der Waals surface area (Å²) in [5, 5.41) is 0. The Morgan fingerprint density at radius 1 is 1.08 bits per heavy atom. The molecule has 0 aliphatic heterocycles. The molecule has 0 bridgehead atoms. The molecular formula is C16H19LiO5P2. The van der Waals surface area contributed by atoms with Gasteiger partial charge < -0.3 is 19.2 Å². The zero-order valence-corrected chi connectivity index (χ0v) is 16.2. The molecule has 24 heavy (non-hydrogen) atoms.